The largest absolute Gasteiger partial charge is 0.481 e. The van der Waals surface area contributed by atoms with Crippen molar-refractivity contribution in [2.75, 3.05) is 6.54 Å². The first kappa shape index (κ1) is 14.5. The summed E-state index contributed by atoms with van der Waals surface area (Å²) in [5.41, 5.74) is 0. The number of halogens is 3. The minimum atomic E-state index is -4.43. The molecular formula is C13H17F3N2O3. The molecule has 3 unspecified atom stereocenters. The van der Waals surface area contributed by atoms with E-state index in [9.17, 15) is 22.8 Å². The molecule has 3 fully saturated rings. The van der Waals surface area contributed by atoms with Crippen LogP contribution in [0.5, 0.6) is 0 Å². The van der Waals surface area contributed by atoms with Gasteiger partial charge in [0, 0.05) is 18.1 Å². The second kappa shape index (κ2) is 4.78. The third-order valence-corrected chi connectivity index (χ3v) is 4.66. The molecule has 0 aromatic rings. The molecule has 3 atom stereocenters. The highest BCUT2D eigenvalue weighted by molar-refractivity contribution is 5.80. The summed E-state index contributed by atoms with van der Waals surface area (Å²) < 4.78 is 37.9. The highest BCUT2D eigenvalue weighted by Crippen LogP contribution is 2.43. The number of aliphatic carboxylic acids is 1. The van der Waals surface area contributed by atoms with E-state index in [1.807, 2.05) is 0 Å². The Morgan fingerprint density at radius 2 is 1.86 bits per heavy atom. The Kier molecular flexibility index (Phi) is 3.29. The molecule has 5 nitrogen and oxygen atoms in total. The molecule has 0 aromatic heterocycles. The van der Waals surface area contributed by atoms with Gasteiger partial charge in [-0.25, -0.2) is 4.79 Å². The van der Waals surface area contributed by atoms with Gasteiger partial charge in [-0.15, -0.1) is 0 Å². The van der Waals surface area contributed by atoms with Gasteiger partial charge in [-0.3, -0.25) is 4.79 Å². The summed E-state index contributed by atoms with van der Waals surface area (Å²) >= 11 is 0. The van der Waals surface area contributed by atoms with Crippen LogP contribution in [0.3, 0.4) is 0 Å². The van der Waals surface area contributed by atoms with Crippen molar-refractivity contribution >= 4 is 12.0 Å². The minimum Gasteiger partial charge on any atom is -0.481 e. The van der Waals surface area contributed by atoms with Gasteiger partial charge in [0.15, 0.2) is 0 Å². The van der Waals surface area contributed by atoms with E-state index in [1.54, 1.807) is 0 Å². The lowest BCUT2D eigenvalue weighted by Crippen LogP contribution is -2.50. The van der Waals surface area contributed by atoms with E-state index in [4.69, 9.17) is 5.11 Å². The predicted octanol–water partition coefficient (Wildman–Crippen LogP) is 2.07. The van der Waals surface area contributed by atoms with Crippen molar-refractivity contribution in [1.29, 1.82) is 0 Å². The Hall–Kier alpha value is -1.47. The first-order valence-electron chi connectivity index (χ1n) is 7.16. The van der Waals surface area contributed by atoms with Crippen molar-refractivity contribution in [2.45, 2.75) is 56.4 Å². The molecule has 118 valence electrons. The number of carbonyl (C=O) groups is 2. The number of fused-ring (bicyclic) bond motifs is 2. The Labute approximate surface area is 119 Å². The van der Waals surface area contributed by atoms with E-state index in [0.29, 0.717) is 32.1 Å². The molecule has 2 aliphatic heterocycles. The minimum absolute atomic E-state index is 0.224. The Morgan fingerprint density at radius 3 is 2.33 bits per heavy atom. The number of carboxylic acid groups (broad SMARTS) is 1. The zero-order chi connectivity index (χ0) is 15.4. The quantitative estimate of drug-likeness (QED) is 0.868. The molecule has 2 heterocycles. The van der Waals surface area contributed by atoms with Crippen molar-refractivity contribution in [2.24, 2.45) is 5.92 Å². The standard InChI is InChI=1S/C13H17F3N2O3/c14-13(15,16)6-17(7-1-2-7)12(21)18-8-3-4-10(18)9(5-8)11(19)20/h7-10H,1-6H2,(H,19,20). The summed E-state index contributed by atoms with van der Waals surface area (Å²) in [4.78, 5) is 26.0. The Bertz CT molecular complexity index is 464. The maximum atomic E-state index is 12.6. The van der Waals surface area contributed by atoms with Crippen molar-refractivity contribution in [3.8, 4) is 0 Å². The normalized spacial score (nSPS) is 31.6. The third-order valence-electron chi connectivity index (χ3n) is 4.66. The second-order valence-corrected chi connectivity index (χ2v) is 6.14. The number of hydrogen-bond donors (Lipinski definition) is 1. The summed E-state index contributed by atoms with van der Waals surface area (Å²) in [6.07, 6.45) is -1.64. The zero-order valence-corrected chi connectivity index (χ0v) is 11.3. The van der Waals surface area contributed by atoms with Crippen molar-refractivity contribution < 1.29 is 27.9 Å². The lowest BCUT2D eigenvalue weighted by molar-refractivity contribution is -0.144. The van der Waals surface area contributed by atoms with Gasteiger partial charge >= 0.3 is 18.2 Å². The molecule has 8 heteroatoms. The van der Waals surface area contributed by atoms with Crippen LogP contribution in [0.15, 0.2) is 0 Å². The number of carbonyl (C=O) groups excluding carboxylic acids is 1. The fourth-order valence-electron chi connectivity index (χ4n) is 3.63. The van der Waals surface area contributed by atoms with Crippen LogP contribution in [0.25, 0.3) is 0 Å². The molecule has 3 rings (SSSR count). The summed E-state index contributed by atoms with van der Waals surface area (Å²) in [6, 6.07) is -1.65. The highest BCUT2D eigenvalue weighted by Gasteiger charge is 2.54. The van der Waals surface area contributed by atoms with Crippen LogP contribution in [-0.2, 0) is 4.79 Å². The lowest BCUT2D eigenvalue weighted by Gasteiger charge is -2.32. The summed E-state index contributed by atoms with van der Waals surface area (Å²) in [5.74, 6) is -1.60. The predicted molar refractivity (Wildman–Crippen MR) is 65.6 cm³/mol. The highest BCUT2D eigenvalue weighted by atomic mass is 19.4. The molecule has 1 N–H and O–H groups in total. The Morgan fingerprint density at radius 1 is 1.19 bits per heavy atom. The molecule has 21 heavy (non-hydrogen) atoms. The molecule has 2 amide bonds. The molecule has 2 saturated heterocycles. The number of rotatable bonds is 3. The molecule has 0 aromatic carbocycles. The number of urea groups is 1. The average molecular weight is 306 g/mol. The summed E-state index contributed by atoms with van der Waals surface area (Å²) in [6.45, 7) is -1.25. The molecule has 0 spiro atoms. The van der Waals surface area contributed by atoms with Gasteiger partial charge in [0.2, 0.25) is 0 Å². The van der Waals surface area contributed by atoms with Gasteiger partial charge in [-0.05, 0) is 32.1 Å². The average Bonchev–Trinajstić information content (AvgIpc) is 3.06. The Balaban J connectivity index is 1.76. The van der Waals surface area contributed by atoms with Gasteiger partial charge in [0.05, 0.1) is 5.92 Å². The fraction of sp³-hybridized carbons (Fsp3) is 0.846. The number of carboxylic acids is 1. The maximum Gasteiger partial charge on any atom is 0.406 e. The number of nitrogens with zero attached hydrogens (tertiary/aromatic N) is 2. The first-order chi connectivity index (χ1) is 9.78. The topological polar surface area (TPSA) is 60.9 Å². The van der Waals surface area contributed by atoms with E-state index in [2.05, 4.69) is 0 Å². The van der Waals surface area contributed by atoms with Crippen LogP contribution in [0.4, 0.5) is 18.0 Å². The van der Waals surface area contributed by atoms with Crippen LogP contribution in [0, 0.1) is 5.92 Å². The molecule has 1 saturated carbocycles. The van der Waals surface area contributed by atoms with Crippen molar-refractivity contribution in [1.82, 2.24) is 9.80 Å². The molecule has 3 aliphatic rings. The summed E-state index contributed by atoms with van der Waals surface area (Å²) in [7, 11) is 0. The maximum absolute atomic E-state index is 12.6. The van der Waals surface area contributed by atoms with E-state index >= 15 is 0 Å². The molecule has 1 aliphatic carbocycles. The zero-order valence-electron chi connectivity index (χ0n) is 11.3. The molecular weight excluding hydrogens is 289 g/mol. The fourth-order valence-corrected chi connectivity index (χ4v) is 3.63. The first-order valence-corrected chi connectivity index (χ1v) is 7.16. The van der Waals surface area contributed by atoms with Crippen LogP contribution in [-0.4, -0.2) is 57.8 Å². The van der Waals surface area contributed by atoms with Crippen LogP contribution >= 0.6 is 0 Å². The van der Waals surface area contributed by atoms with E-state index < -0.39 is 36.7 Å². The van der Waals surface area contributed by atoms with Gasteiger partial charge in [-0.2, -0.15) is 13.2 Å². The lowest BCUT2D eigenvalue weighted by atomic mass is 9.89. The van der Waals surface area contributed by atoms with Crippen molar-refractivity contribution in [3.05, 3.63) is 0 Å². The van der Waals surface area contributed by atoms with Crippen molar-refractivity contribution in [3.63, 3.8) is 0 Å². The van der Waals surface area contributed by atoms with Crippen LogP contribution < -0.4 is 0 Å². The monoisotopic (exact) mass is 306 g/mol. The van der Waals surface area contributed by atoms with Gasteiger partial charge < -0.3 is 14.9 Å². The van der Waals surface area contributed by atoms with E-state index in [0.717, 1.165) is 4.90 Å². The smallest absolute Gasteiger partial charge is 0.406 e. The van der Waals surface area contributed by atoms with Gasteiger partial charge in [-0.1, -0.05) is 0 Å². The van der Waals surface area contributed by atoms with E-state index in [1.165, 1.54) is 4.90 Å². The second-order valence-electron chi connectivity index (χ2n) is 6.14. The molecule has 2 bridgehead atoms. The number of amides is 2. The summed E-state index contributed by atoms with van der Waals surface area (Å²) in [5, 5.41) is 9.15. The van der Waals surface area contributed by atoms with Crippen LogP contribution in [0.1, 0.15) is 32.1 Å². The van der Waals surface area contributed by atoms with Crippen LogP contribution in [0.2, 0.25) is 0 Å². The number of hydrogen-bond acceptors (Lipinski definition) is 2. The third kappa shape index (κ3) is 2.67. The van der Waals surface area contributed by atoms with Gasteiger partial charge in [0.25, 0.3) is 0 Å². The SMILES string of the molecule is O=C(O)C1CC2CCC1N2C(=O)N(CC(F)(F)F)C1CC1. The number of alkyl halides is 3. The van der Waals surface area contributed by atoms with E-state index in [-0.39, 0.29) is 12.1 Å². The van der Waals surface area contributed by atoms with Gasteiger partial charge in [0.1, 0.15) is 6.54 Å². The molecule has 0 radical (unpaired) electrons.